The highest BCUT2D eigenvalue weighted by atomic mass is 16.5. The Kier molecular flexibility index (Phi) is 1.90. The van der Waals surface area contributed by atoms with Gasteiger partial charge in [-0.05, 0) is 12.8 Å². The number of aromatic nitrogens is 2. The Hall–Kier alpha value is -0.830. The molecule has 0 bridgehead atoms. The number of nitrogens with zero attached hydrogens (tertiary/aromatic N) is 2. The van der Waals surface area contributed by atoms with Crippen LogP contribution in [0.4, 0.5) is 0 Å². The van der Waals surface area contributed by atoms with E-state index in [1.165, 1.54) is 6.42 Å². The molecule has 0 N–H and O–H groups in total. The average Bonchev–Trinajstić information content (AvgIpc) is 2.58. The first-order valence-corrected chi connectivity index (χ1v) is 3.95. The van der Waals surface area contributed by atoms with Crippen molar-refractivity contribution in [3.05, 3.63) is 18.5 Å². The monoisotopic (exact) mass is 151 g/mol. The Bertz CT molecular complexity index is 202. The van der Waals surface area contributed by atoms with E-state index in [1.807, 2.05) is 10.9 Å². The third-order valence-electron chi connectivity index (χ3n) is 1.98. The first kappa shape index (κ1) is 6.85. The molecule has 59 valence electrons. The summed E-state index contributed by atoms with van der Waals surface area (Å²) in [5.41, 5.74) is 0. The Morgan fingerprint density at radius 3 is 3.27 bits per heavy atom. The predicted molar refractivity (Wildman–Crippen MR) is 40.2 cm³/mol. The zero-order valence-electron chi connectivity index (χ0n) is 6.36. The van der Waals surface area contributed by atoms with Crippen LogP contribution in [0.25, 0.3) is 0 Å². The van der Waals surface area contributed by atoms with Crippen LogP contribution in [0.15, 0.2) is 12.4 Å². The number of rotatable bonds is 1. The minimum Gasteiger partial charge on any atom is -0.379 e. The maximum atomic E-state index is 5.33. The molecule has 3 heteroatoms. The molecular weight excluding hydrogens is 140 g/mol. The molecule has 1 aromatic rings. The molecule has 1 fully saturated rings. The van der Waals surface area contributed by atoms with Gasteiger partial charge in [-0.15, -0.1) is 0 Å². The molecule has 2 heterocycles. The Morgan fingerprint density at radius 1 is 1.64 bits per heavy atom. The van der Waals surface area contributed by atoms with Crippen LogP contribution >= 0.6 is 0 Å². The molecule has 0 spiro atoms. The molecule has 1 radical (unpaired) electrons. The van der Waals surface area contributed by atoms with E-state index in [4.69, 9.17) is 4.74 Å². The topological polar surface area (TPSA) is 27.1 Å². The van der Waals surface area contributed by atoms with Gasteiger partial charge in [0, 0.05) is 18.9 Å². The molecule has 1 unspecified atom stereocenters. The molecule has 0 saturated carbocycles. The smallest absolute Gasteiger partial charge is 0.0753 e. The molecule has 1 aliphatic rings. The van der Waals surface area contributed by atoms with E-state index in [0.29, 0.717) is 6.04 Å². The third-order valence-corrected chi connectivity index (χ3v) is 1.98. The fourth-order valence-corrected chi connectivity index (χ4v) is 1.38. The third kappa shape index (κ3) is 1.43. The summed E-state index contributed by atoms with van der Waals surface area (Å²) in [6.45, 7) is 1.71. The van der Waals surface area contributed by atoms with Crippen LogP contribution in [0.1, 0.15) is 18.9 Å². The van der Waals surface area contributed by atoms with Crippen molar-refractivity contribution in [2.24, 2.45) is 0 Å². The standard InChI is InChI=1S/C8H11N2O/c1-3-8(7-11-6-1)10-5-2-4-9-10/h4-5,8H,1,3,6-7H2. The van der Waals surface area contributed by atoms with E-state index in [2.05, 4.69) is 11.2 Å². The lowest BCUT2D eigenvalue weighted by molar-refractivity contribution is 0.0549. The second kappa shape index (κ2) is 3.05. The van der Waals surface area contributed by atoms with Crippen molar-refractivity contribution >= 4 is 0 Å². The minimum absolute atomic E-state index is 0.440. The lowest BCUT2D eigenvalue weighted by Gasteiger charge is -2.21. The highest BCUT2D eigenvalue weighted by Gasteiger charge is 2.14. The van der Waals surface area contributed by atoms with Gasteiger partial charge in [-0.3, -0.25) is 4.68 Å². The second-order valence-electron chi connectivity index (χ2n) is 2.79. The molecule has 1 aliphatic heterocycles. The van der Waals surface area contributed by atoms with Crippen molar-refractivity contribution in [3.63, 3.8) is 0 Å². The Labute approximate surface area is 66.0 Å². The SMILES string of the molecule is [c]1cnn(C2CCCOC2)c1. The van der Waals surface area contributed by atoms with Gasteiger partial charge in [-0.1, -0.05) is 0 Å². The van der Waals surface area contributed by atoms with Crippen molar-refractivity contribution in [1.82, 2.24) is 9.78 Å². The predicted octanol–water partition coefficient (Wildman–Crippen LogP) is 1.03. The van der Waals surface area contributed by atoms with E-state index in [0.717, 1.165) is 19.6 Å². The fourth-order valence-electron chi connectivity index (χ4n) is 1.38. The highest BCUT2D eigenvalue weighted by molar-refractivity contribution is 4.80. The van der Waals surface area contributed by atoms with E-state index in [-0.39, 0.29) is 0 Å². The summed E-state index contributed by atoms with van der Waals surface area (Å²) in [6, 6.07) is 3.36. The summed E-state index contributed by atoms with van der Waals surface area (Å²) in [5, 5.41) is 4.12. The van der Waals surface area contributed by atoms with E-state index >= 15 is 0 Å². The number of hydrogen-bond acceptors (Lipinski definition) is 2. The maximum Gasteiger partial charge on any atom is 0.0753 e. The molecular formula is C8H11N2O. The Balaban J connectivity index is 2.04. The number of ether oxygens (including phenoxy) is 1. The van der Waals surface area contributed by atoms with Crippen LogP contribution in [-0.4, -0.2) is 23.0 Å². The van der Waals surface area contributed by atoms with Crippen molar-refractivity contribution in [2.75, 3.05) is 13.2 Å². The lowest BCUT2D eigenvalue weighted by atomic mass is 10.1. The van der Waals surface area contributed by atoms with Gasteiger partial charge in [0.05, 0.1) is 18.8 Å². The molecule has 2 rings (SSSR count). The first-order chi connectivity index (χ1) is 5.47. The summed E-state index contributed by atoms with van der Waals surface area (Å²) in [6.07, 6.45) is 5.88. The van der Waals surface area contributed by atoms with Crippen LogP contribution in [0, 0.1) is 6.07 Å². The van der Waals surface area contributed by atoms with Gasteiger partial charge in [0.15, 0.2) is 0 Å². The van der Waals surface area contributed by atoms with Crippen LogP contribution in [-0.2, 0) is 4.74 Å². The summed E-state index contributed by atoms with van der Waals surface area (Å²) < 4.78 is 7.26. The quantitative estimate of drug-likeness (QED) is 0.599. The molecule has 11 heavy (non-hydrogen) atoms. The highest BCUT2D eigenvalue weighted by Crippen LogP contribution is 2.17. The minimum atomic E-state index is 0.440. The van der Waals surface area contributed by atoms with Gasteiger partial charge in [0.25, 0.3) is 0 Å². The molecule has 1 saturated heterocycles. The van der Waals surface area contributed by atoms with Gasteiger partial charge in [-0.25, -0.2) is 0 Å². The zero-order valence-corrected chi connectivity index (χ0v) is 6.36. The number of hydrogen-bond donors (Lipinski definition) is 0. The molecule has 1 atom stereocenters. The van der Waals surface area contributed by atoms with Crippen molar-refractivity contribution in [3.8, 4) is 0 Å². The molecule has 0 amide bonds. The molecule has 3 nitrogen and oxygen atoms in total. The van der Waals surface area contributed by atoms with Crippen LogP contribution in [0.2, 0.25) is 0 Å². The van der Waals surface area contributed by atoms with Crippen LogP contribution < -0.4 is 0 Å². The van der Waals surface area contributed by atoms with Crippen molar-refractivity contribution < 1.29 is 4.74 Å². The van der Waals surface area contributed by atoms with Crippen LogP contribution in [0.3, 0.4) is 0 Å². The van der Waals surface area contributed by atoms with Gasteiger partial charge in [0.1, 0.15) is 0 Å². The lowest BCUT2D eigenvalue weighted by Crippen LogP contribution is -2.21. The molecule has 0 aliphatic carbocycles. The van der Waals surface area contributed by atoms with E-state index in [9.17, 15) is 0 Å². The van der Waals surface area contributed by atoms with Gasteiger partial charge >= 0.3 is 0 Å². The van der Waals surface area contributed by atoms with Crippen molar-refractivity contribution in [1.29, 1.82) is 0 Å². The zero-order chi connectivity index (χ0) is 7.52. The Morgan fingerprint density at radius 2 is 2.64 bits per heavy atom. The average molecular weight is 151 g/mol. The van der Waals surface area contributed by atoms with Gasteiger partial charge in [-0.2, -0.15) is 5.10 Å². The normalized spacial score (nSPS) is 25.3. The fraction of sp³-hybridized carbons (Fsp3) is 0.625. The van der Waals surface area contributed by atoms with E-state index < -0.39 is 0 Å². The summed E-state index contributed by atoms with van der Waals surface area (Å²) in [4.78, 5) is 0. The first-order valence-electron chi connectivity index (χ1n) is 3.95. The summed E-state index contributed by atoms with van der Waals surface area (Å²) in [5.74, 6) is 0. The van der Waals surface area contributed by atoms with E-state index in [1.54, 1.807) is 6.20 Å². The van der Waals surface area contributed by atoms with Gasteiger partial charge in [0.2, 0.25) is 0 Å². The summed E-state index contributed by atoms with van der Waals surface area (Å²) in [7, 11) is 0. The second-order valence-corrected chi connectivity index (χ2v) is 2.79. The van der Waals surface area contributed by atoms with Gasteiger partial charge < -0.3 is 4.74 Å². The summed E-state index contributed by atoms with van der Waals surface area (Å²) >= 11 is 0. The molecule has 1 aromatic heterocycles. The largest absolute Gasteiger partial charge is 0.379 e. The maximum absolute atomic E-state index is 5.33. The van der Waals surface area contributed by atoms with Crippen LogP contribution in [0.5, 0.6) is 0 Å². The molecule has 0 aromatic carbocycles. The van der Waals surface area contributed by atoms with Crippen molar-refractivity contribution in [2.45, 2.75) is 18.9 Å².